The summed E-state index contributed by atoms with van der Waals surface area (Å²) in [6.07, 6.45) is 0. The second-order valence-electron chi connectivity index (χ2n) is 0. The molecule has 0 unspecified atom stereocenters. The molecule has 0 spiro atoms. The van der Waals surface area contributed by atoms with Crippen LogP contribution in [0, 0.1) is 0 Å². The van der Waals surface area contributed by atoms with Gasteiger partial charge in [0.15, 0.2) is 0 Å². The zero-order chi connectivity index (χ0) is 0. The molecule has 0 atom stereocenters. The van der Waals surface area contributed by atoms with E-state index in [1.165, 1.54) is 0 Å². The molecule has 0 radical (unpaired) electrons. The molecular formula is H17BClNaNiO6. The molecule has 10 heteroatoms. The van der Waals surface area contributed by atoms with E-state index in [9.17, 15) is 0 Å². The van der Waals surface area contributed by atoms with Crippen LogP contribution in [0.5, 0.6) is 0 Å². The van der Waals surface area contributed by atoms with Gasteiger partial charge >= 0.3 is 46.0 Å². The molecule has 0 bridgehead atoms. The van der Waals surface area contributed by atoms with E-state index in [0.717, 1.165) is 0 Å². The van der Waals surface area contributed by atoms with Gasteiger partial charge in [-0.15, -0.1) is 0 Å². The summed E-state index contributed by atoms with van der Waals surface area (Å²) in [6.45, 7) is 0. The zero-order valence-electron chi connectivity index (χ0n) is 5.69. The van der Waals surface area contributed by atoms with E-state index in [-0.39, 0.29) is 101 Å². The van der Waals surface area contributed by atoms with Crippen molar-refractivity contribution in [2.75, 3.05) is 0 Å². The van der Waals surface area contributed by atoms with Gasteiger partial charge in [-0.2, -0.15) is 0 Å². The summed E-state index contributed by atoms with van der Waals surface area (Å²) in [5.74, 6) is 0. The Bertz CT molecular complexity index is 22.5. The van der Waals surface area contributed by atoms with Crippen molar-refractivity contribution >= 4 is 8.41 Å². The molecule has 0 aromatic rings. The first-order chi connectivity index (χ1) is 0. The molecule has 0 saturated carbocycles. The molecule has 0 aliphatic heterocycles. The minimum Gasteiger partial charge on any atom is -1.00 e. The van der Waals surface area contributed by atoms with Gasteiger partial charge in [-0.1, -0.05) is 8.41 Å². The van der Waals surface area contributed by atoms with Crippen LogP contribution in [-0.4, -0.2) is 41.3 Å². The molecule has 12 N–H and O–H groups in total. The van der Waals surface area contributed by atoms with E-state index in [2.05, 4.69) is 0 Å². The fourth-order valence-electron chi connectivity index (χ4n) is 0. The van der Waals surface area contributed by atoms with Crippen molar-refractivity contribution in [2.24, 2.45) is 0 Å². The third-order valence-electron chi connectivity index (χ3n) is 0. The number of hydrogen-bond acceptors (Lipinski definition) is 0. The third kappa shape index (κ3) is 275. The van der Waals surface area contributed by atoms with Crippen LogP contribution >= 0.6 is 0 Å². The molecule has 0 amide bonds. The molecule has 0 rings (SSSR count). The van der Waals surface area contributed by atoms with Gasteiger partial charge < -0.3 is 46.7 Å². The molecule has 0 aliphatic rings. The van der Waals surface area contributed by atoms with Gasteiger partial charge in [0.1, 0.15) is 0 Å². The standard InChI is InChI=1S/BH4.ClH.Na.Ni.6H2O.H/h1H4;1H;;;6*1H2;/q-1;;+1;+2;;;;;;;-1/p-1. The van der Waals surface area contributed by atoms with E-state index < -0.39 is 0 Å². The summed E-state index contributed by atoms with van der Waals surface area (Å²) in [4.78, 5) is 0. The van der Waals surface area contributed by atoms with Crippen LogP contribution in [-0.2, 0) is 16.5 Å². The summed E-state index contributed by atoms with van der Waals surface area (Å²) in [7, 11) is 0. The molecule has 0 aromatic heterocycles. The second-order valence-corrected chi connectivity index (χ2v) is 0. The predicted molar refractivity (Wildman–Crippen MR) is 34.1 cm³/mol. The first kappa shape index (κ1) is 505. The predicted octanol–water partition coefficient (Wildman–Crippen LogP) is -12.3. The Morgan fingerprint density at radius 1 is 0.600 bits per heavy atom. The SMILES string of the molecule is O.O.O.O.O.O.[BH4-].[Cl-].[H-].[Na+].[Ni+2]. The fourth-order valence-corrected chi connectivity index (χ4v) is 0. The minimum atomic E-state index is 0. The summed E-state index contributed by atoms with van der Waals surface area (Å²) in [5, 5.41) is 0. The molecule has 0 fully saturated rings. The number of halogens is 1. The Morgan fingerprint density at radius 2 is 0.600 bits per heavy atom. The van der Waals surface area contributed by atoms with Crippen molar-refractivity contribution in [3.05, 3.63) is 0 Å². The van der Waals surface area contributed by atoms with E-state index in [1.807, 2.05) is 0 Å². The molecule has 0 aromatic carbocycles. The minimum absolute atomic E-state index is 0. The van der Waals surface area contributed by atoms with Crippen molar-refractivity contribution in [1.82, 2.24) is 0 Å². The first-order valence-electron chi connectivity index (χ1n) is 0. The van der Waals surface area contributed by atoms with Crippen molar-refractivity contribution in [1.29, 1.82) is 0 Å². The Kier molecular flexibility index (Phi) is 19100. The van der Waals surface area contributed by atoms with Gasteiger partial charge in [-0.25, -0.2) is 0 Å². The first-order valence-corrected chi connectivity index (χ1v) is 0. The Balaban J connectivity index is 0. The van der Waals surface area contributed by atoms with Crippen LogP contribution in [0.4, 0.5) is 0 Å². The third-order valence-corrected chi connectivity index (χ3v) is 0. The zero-order valence-corrected chi connectivity index (χ0v) is 8.44. The summed E-state index contributed by atoms with van der Waals surface area (Å²) >= 11 is 0. The average Bonchev–Trinajstić information content (AvgIpc) is 0. The Hall–Kier alpha value is 1.61. The van der Waals surface area contributed by atoms with Crippen molar-refractivity contribution < 1.29 is 92.7 Å². The van der Waals surface area contributed by atoms with E-state index >= 15 is 0 Å². The molecule has 0 aliphatic carbocycles. The van der Waals surface area contributed by atoms with Gasteiger partial charge in [0, 0.05) is 0 Å². The van der Waals surface area contributed by atoms with Gasteiger partial charge in [-0.3, -0.25) is 0 Å². The van der Waals surface area contributed by atoms with Crippen LogP contribution in [0.15, 0.2) is 0 Å². The number of rotatable bonds is 0. The molecule has 74 valence electrons. The summed E-state index contributed by atoms with van der Waals surface area (Å²) in [5.41, 5.74) is 0. The smallest absolute Gasteiger partial charge is 1.00 e. The largest absolute Gasteiger partial charge is 2.00 e. The monoisotopic (exact) mass is 240 g/mol. The quantitative estimate of drug-likeness (QED) is 0.364. The molecule has 0 saturated heterocycles. The normalized spacial score (nSPS) is 0. The Labute approximate surface area is 101 Å². The average molecular weight is 241 g/mol. The molecular weight excluding hydrogens is 224 g/mol. The Morgan fingerprint density at radius 3 is 0.600 bits per heavy atom. The van der Waals surface area contributed by atoms with Crippen LogP contribution in [0.2, 0.25) is 0 Å². The van der Waals surface area contributed by atoms with Gasteiger partial charge in [0.2, 0.25) is 0 Å². The maximum absolute atomic E-state index is 0. The van der Waals surface area contributed by atoms with Crippen molar-refractivity contribution in [3.63, 3.8) is 0 Å². The maximum atomic E-state index is 0. The van der Waals surface area contributed by atoms with E-state index in [4.69, 9.17) is 0 Å². The fraction of sp³-hybridized carbons (Fsp3) is 0. The maximum Gasteiger partial charge on any atom is 2.00 e. The van der Waals surface area contributed by atoms with Crippen molar-refractivity contribution in [3.8, 4) is 0 Å². The van der Waals surface area contributed by atoms with E-state index in [0.29, 0.717) is 0 Å². The van der Waals surface area contributed by atoms with Gasteiger partial charge in [-0.05, 0) is 0 Å². The van der Waals surface area contributed by atoms with Gasteiger partial charge in [0.25, 0.3) is 0 Å². The van der Waals surface area contributed by atoms with Crippen molar-refractivity contribution in [2.45, 2.75) is 0 Å². The van der Waals surface area contributed by atoms with Crippen LogP contribution in [0.25, 0.3) is 0 Å². The van der Waals surface area contributed by atoms with Crippen LogP contribution in [0.1, 0.15) is 1.43 Å². The molecule has 6 nitrogen and oxygen atoms in total. The summed E-state index contributed by atoms with van der Waals surface area (Å²) < 4.78 is 0. The molecule has 0 heterocycles. The second kappa shape index (κ2) is 379. The number of hydrogen-bond donors (Lipinski definition) is 0. The van der Waals surface area contributed by atoms with Gasteiger partial charge in [0.05, 0.1) is 0 Å². The molecule has 10 heavy (non-hydrogen) atoms. The van der Waals surface area contributed by atoms with Crippen LogP contribution in [0.3, 0.4) is 0 Å². The van der Waals surface area contributed by atoms with E-state index in [1.54, 1.807) is 0 Å². The topological polar surface area (TPSA) is 189 Å². The summed E-state index contributed by atoms with van der Waals surface area (Å²) in [6, 6.07) is 0. The van der Waals surface area contributed by atoms with Crippen LogP contribution < -0.4 is 42.0 Å².